The Bertz CT molecular complexity index is 291. The van der Waals surface area contributed by atoms with Crippen molar-refractivity contribution in [3.63, 3.8) is 0 Å². The van der Waals surface area contributed by atoms with Crippen molar-refractivity contribution in [1.82, 2.24) is 0 Å². The molecule has 0 aromatic carbocycles. The van der Waals surface area contributed by atoms with Crippen LogP contribution in [0.25, 0.3) is 0 Å². The molecule has 2 unspecified atom stereocenters. The number of allylic oxidation sites excluding steroid dienone is 2. The Kier molecular flexibility index (Phi) is 4.06. The van der Waals surface area contributed by atoms with E-state index < -0.39 is 0 Å². The first-order valence-corrected chi connectivity index (χ1v) is 5.35. The summed E-state index contributed by atoms with van der Waals surface area (Å²) in [5.41, 5.74) is 1.09. The molecular weight excluding hydrogens is 192 g/mol. The Morgan fingerprint density at radius 1 is 1.67 bits per heavy atom. The molecule has 0 spiro atoms. The lowest BCUT2D eigenvalue weighted by Gasteiger charge is -2.21. The molecule has 84 valence electrons. The van der Waals surface area contributed by atoms with E-state index in [0.717, 1.165) is 18.4 Å². The van der Waals surface area contributed by atoms with Gasteiger partial charge in [0.05, 0.1) is 13.5 Å². The number of rotatable bonds is 3. The summed E-state index contributed by atoms with van der Waals surface area (Å²) in [4.78, 5) is 22.5. The standard InChI is InChI=1S/C12H18O3/c1-8-4-5-10(7-11(8)13)9(2)6-12(14)15-3/h7-9H,4-6H2,1-3H3. The molecule has 0 bridgehead atoms. The van der Waals surface area contributed by atoms with Gasteiger partial charge < -0.3 is 4.74 Å². The van der Waals surface area contributed by atoms with E-state index in [1.165, 1.54) is 7.11 Å². The first-order chi connectivity index (χ1) is 7.04. The minimum atomic E-state index is -0.213. The van der Waals surface area contributed by atoms with Crippen LogP contribution in [0.3, 0.4) is 0 Å². The second-order valence-electron chi connectivity index (χ2n) is 4.24. The van der Waals surface area contributed by atoms with Gasteiger partial charge in [-0.25, -0.2) is 0 Å². The van der Waals surface area contributed by atoms with Crippen LogP contribution >= 0.6 is 0 Å². The van der Waals surface area contributed by atoms with Gasteiger partial charge in [0.1, 0.15) is 0 Å². The predicted octanol–water partition coefficient (Wildman–Crippen LogP) is 2.11. The SMILES string of the molecule is COC(=O)CC(C)C1=CC(=O)C(C)CC1. The van der Waals surface area contributed by atoms with Crippen LogP contribution in [-0.2, 0) is 14.3 Å². The molecule has 3 heteroatoms. The monoisotopic (exact) mass is 210 g/mol. The second-order valence-corrected chi connectivity index (χ2v) is 4.24. The topological polar surface area (TPSA) is 43.4 Å². The number of methoxy groups -OCH3 is 1. The van der Waals surface area contributed by atoms with Gasteiger partial charge in [0.15, 0.2) is 5.78 Å². The summed E-state index contributed by atoms with van der Waals surface area (Å²) < 4.78 is 4.61. The van der Waals surface area contributed by atoms with Crippen LogP contribution in [0.1, 0.15) is 33.1 Å². The Morgan fingerprint density at radius 3 is 2.87 bits per heavy atom. The lowest BCUT2D eigenvalue weighted by atomic mass is 9.83. The summed E-state index contributed by atoms with van der Waals surface area (Å²) in [5, 5.41) is 0. The summed E-state index contributed by atoms with van der Waals surface area (Å²) in [5.74, 6) is 0.232. The van der Waals surface area contributed by atoms with Crippen LogP contribution in [0.5, 0.6) is 0 Å². The Hall–Kier alpha value is -1.12. The minimum absolute atomic E-state index is 0.119. The Morgan fingerprint density at radius 2 is 2.33 bits per heavy atom. The average molecular weight is 210 g/mol. The van der Waals surface area contributed by atoms with Crippen LogP contribution in [0.15, 0.2) is 11.6 Å². The number of esters is 1. The molecule has 1 aliphatic rings. The van der Waals surface area contributed by atoms with E-state index in [0.29, 0.717) is 6.42 Å². The molecule has 15 heavy (non-hydrogen) atoms. The first-order valence-electron chi connectivity index (χ1n) is 5.35. The maximum Gasteiger partial charge on any atom is 0.306 e. The molecule has 1 aliphatic carbocycles. The fourth-order valence-corrected chi connectivity index (χ4v) is 1.78. The van der Waals surface area contributed by atoms with Crippen molar-refractivity contribution in [2.45, 2.75) is 33.1 Å². The van der Waals surface area contributed by atoms with Crippen molar-refractivity contribution in [1.29, 1.82) is 0 Å². The summed E-state index contributed by atoms with van der Waals surface area (Å²) >= 11 is 0. The van der Waals surface area contributed by atoms with Gasteiger partial charge in [-0.15, -0.1) is 0 Å². The molecule has 0 saturated carbocycles. The highest BCUT2D eigenvalue weighted by atomic mass is 16.5. The van der Waals surface area contributed by atoms with E-state index in [4.69, 9.17) is 0 Å². The van der Waals surface area contributed by atoms with E-state index in [-0.39, 0.29) is 23.6 Å². The average Bonchev–Trinajstić information content (AvgIpc) is 2.21. The maximum absolute atomic E-state index is 11.5. The van der Waals surface area contributed by atoms with Gasteiger partial charge in [0.2, 0.25) is 0 Å². The van der Waals surface area contributed by atoms with Gasteiger partial charge in [-0.2, -0.15) is 0 Å². The molecule has 0 aromatic rings. The van der Waals surface area contributed by atoms with E-state index in [9.17, 15) is 9.59 Å². The van der Waals surface area contributed by atoms with Crippen LogP contribution in [0, 0.1) is 11.8 Å². The number of ether oxygens (including phenoxy) is 1. The van der Waals surface area contributed by atoms with Crippen molar-refractivity contribution in [3.8, 4) is 0 Å². The Labute approximate surface area is 90.5 Å². The van der Waals surface area contributed by atoms with Crippen molar-refractivity contribution in [2.24, 2.45) is 11.8 Å². The fraction of sp³-hybridized carbons (Fsp3) is 0.667. The number of hydrogen-bond donors (Lipinski definition) is 0. The fourth-order valence-electron chi connectivity index (χ4n) is 1.78. The minimum Gasteiger partial charge on any atom is -0.469 e. The van der Waals surface area contributed by atoms with E-state index in [1.54, 1.807) is 6.08 Å². The number of carbonyl (C=O) groups excluding carboxylic acids is 2. The molecule has 3 nitrogen and oxygen atoms in total. The van der Waals surface area contributed by atoms with Crippen molar-refractivity contribution >= 4 is 11.8 Å². The van der Waals surface area contributed by atoms with Gasteiger partial charge >= 0.3 is 5.97 Å². The third-order valence-electron chi connectivity index (χ3n) is 3.01. The highest BCUT2D eigenvalue weighted by Crippen LogP contribution is 2.27. The van der Waals surface area contributed by atoms with Gasteiger partial charge in [0, 0.05) is 5.92 Å². The van der Waals surface area contributed by atoms with E-state index in [2.05, 4.69) is 4.74 Å². The summed E-state index contributed by atoms with van der Waals surface area (Å²) in [6.45, 7) is 3.91. The van der Waals surface area contributed by atoms with Crippen LogP contribution in [-0.4, -0.2) is 18.9 Å². The zero-order valence-corrected chi connectivity index (χ0v) is 9.58. The maximum atomic E-state index is 11.5. The molecule has 1 rings (SSSR count). The van der Waals surface area contributed by atoms with Gasteiger partial charge in [0.25, 0.3) is 0 Å². The Balaban J connectivity index is 2.60. The quantitative estimate of drug-likeness (QED) is 0.670. The smallest absolute Gasteiger partial charge is 0.306 e. The van der Waals surface area contributed by atoms with Crippen LogP contribution in [0.4, 0.5) is 0 Å². The molecule has 0 aliphatic heterocycles. The lowest BCUT2D eigenvalue weighted by Crippen LogP contribution is -2.18. The van der Waals surface area contributed by atoms with Gasteiger partial charge in [-0.3, -0.25) is 9.59 Å². The second kappa shape index (κ2) is 5.10. The molecule has 0 heterocycles. The summed E-state index contributed by atoms with van der Waals surface area (Å²) in [6.07, 6.45) is 3.90. The molecule has 0 N–H and O–H groups in total. The van der Waals surface area contributed by atoms with Crippen molar-refractivity contribution in [3.05, 3.63) is 11.6 Å². The normalized spacial score (nSPS) is 23.3. The zero-order chi connectivity index (χ0) is 11.4. The van der Waals surface area contributed by atoms with E-state index in [1.807, 2.05) is 13.8 Å². The number of carbonyl (C=O) groups is 2. The third-order valence-corrected chi connectivity index (χ3v) is 3.01. The molecule has 0 fully saturated rings. The lowest BCUT2D eigenvalue weighted by molar-refractivity contribution is -0.141. The summed E-state index contributed by atoms with van der Waals surface area (Å²) in [6, 6.07) is 0. The van der Waals surface area contributed by atoms with Crippen molar-refractivity contribution in [2.75, 3.05) is 7.11 Å². The van der Waals surface area contributed by atoms with E-state index >= 15 is 0 Å². The highest BCUT2D eigenvalue weighted by Gasteiger charge is 2.22. The van der Waals surface area contributed by atoms with Crippen molar-refractivity contribution < 1.29 is 14.3 Å². The third kappa shape index (κ3) is 3.18. The molecular formula is C12H18O3. The predicted molar refractivity (Wildman–Crippen MR) is 57.3 cm³/mol. The molecule has 0 saturated heterocycles. The van der Waals surface area contributed by atoms with Gasteiger partial charge in [-0.1, -0.05) is 19.4 Å². The number of hydrogen-bond acceptors (Lipinski definition) is 3. The summed E-state index contributed by atoms with van der Waals surface area (Å²) in [7, 11) is 1.39. The molecule has 0 aromatic heterocycles. The number of ketones is 1. The first kappa shape index (κ1) is 12.0. The van der Waals surface area contributed by atoms with Crippen LogP contribution in [0.2, 0.25) is 0 Å². The molecule has 0 amide bonds. The largest absolute Gasteiger partial charge is 0.469 e. The highest BCUT2D eigenvalue weighted by molar-refractivity contribution is 5.93. The zero-order valence-electron chi connectivity index (χ0n) is 9.58. The van der Waals surface area contributed by atoms with Crippen LogP contribution < -0.4 is 0 Å². The molecule has 2 atom stereocenters. The van der Waals surface area contributed by atoms with Gasteiger partial charge in [-0.05, 0) is 24.8 Å². The molecule has 0 radical (unpaired) electrons.